The highest BCUT2D eigenvalue weighted by Crippen LogP contribution is 2.30. The summed E-state index contributed by atoms with van der Waals surface area (Å²) in [5, 5.41) is 9.30. The monoisotopic (exact) mass is 349 g/mol. The van der Waals surface area contributed by atoms with E-state index in [1.54, 1.807) is 6.07 Å². The third kappa shape index (κ3) is 3.78. The van der Waals surface area contributed by atoms with Gasteiger partial charge in [0.05, 0.1) is 11.4 Å². The third-order valence-corrected chi connectivity index (χ3v) is 3.36. The number of nitrogens with zero attached hydrogens (tertiary/aromatic N) is 1. The number of rotatable bonds is 2. The van der Waals surface area contributed by atoms with E-state index in [1.807, 2.05) is 39.0 Å². The summed E-state index contributed by atoms with van der Waals surface area (Å²) < 4.78 is 0.847. The number of carbonyl (C=O) groups is 1. The van der Waals surface area contributed by atoms with E-state index in [0.29, 0.717) is 11.4 Å². The minimum atomic E-state index is -0.502. The molecule has 0 unspecified atom stereocenters. The first kappa shape index (κ1) is 15.4. The van der Waals surface area contributed by atoms with Gasteiger partial charge in [-0.15, -0.1) is 0 Å². The van der Waals surface area contributed by atoms with Crippen molar-refractivity contribution in [2.75, 3.05) is 5.32 Å². The number of aromatic nitrogens is 2. The molecular weight excluding hydrogens is 334 g/mol. The van der Waals surface area contributed by atoms with Crippen molar-refractivity contribution in [1.82, 2.24) is 10.2 Å². The van der Waals surface area contributed by atoms with Gasteiger partial charge in [0.1, 0.15) is 0 Å². The molecule has 0 spiro atoms. The molecule has 110 valence electrons. The highest BCUT2D eigenvalue weighted by molar-refractivity contribution is 9.10. The molecular formula is C15H16BrN3O2. The Labute approximate surface area is 130 Å². The summed E-state index contributed by atoms with van der Waals surface area (Å²) in [6.07, 6.45) is 0. The van der Waals surface area contributed by atoms with Crippen LogP contribution in [0, 0.1) is 5.41 Å². The van der Waals surface area contributed by atoms with Crippen molar-refractivity contribution in [2.24, 2.45) is 5.41 Å². The van der Waals surface area contributed by atoms with Gasteiger partial charge in [-0.25, -0.2) is 5.10 Å². The van der Waals surface area contributed by atoms with Gasteiger partial charge in [0, 0.05) is 21.5 Å². The number of amides is 1. The second-order valence-corrected chi connectivity index (χ2v) is 6.62. The van der Waals surface area contributed by atoms with Crippen LogP contribution in [-0.2, 0) is 4.79 Å². The van der Waals surface area contributed by atoms with Gasteiger partial charge in [-0.3, -0.25) is 9.59 Å². The maximum absolute atomic E-state index is 12.2. The number of carbonyl (C=O) groups excluding carboxylic acids is 1. The molecule has 0 aliphatic heterocycles. The average molecular weight is 350 g/mol. The maximum atomic E-state index is 12.2. The van der Waals surface area contributed by atoms with Crippen LogP contribution >= 0.6 is 15.9 Å². The Balaban J connectivity index is 2.45. The molecule has 0 saturated carbocycles. The lowest BCUT2D eigenvalue weighted by Crippen LogP contribution is -2.27. The predicted molar refractivity (Wildman–Crippen MR) is 86.1 cm³/mol. The predicted octanol–water partition coefficient (Wildman–Crippen LogP) is 3.18. The van der Waals surface area contributed by atoms with Crippen LogP contribution in [0.25, 0.3) is 11.3 Å². The number of hydrogen-bond acceptors (Lipinski definition) is 3. The Bertz CT molecular complexity index is 712. The molecule has 0 bridgehead atoms. The van der Waals surface area contributed by atoms with Gasteiger partial charge in [0.2, 0.25) is 5.91 Å². The van der Waals surface area contributed by atoms with Crippen LogP contribution in [0.15, 0.2) is 39.6 Å². The van der Waals surface area contributed by atoms with Gasteiger partial charge in [0.15, 0.2) is 0 Å². The van der Waals surface area contributed by atoms with E-state index in [-0.39, 0.29) is 11.5 Å². The van der Waals surface area contributed by atoms with Gasteiger partial charge in [-0.1, -0.05) is 36.7 Å². The molecule has 2 rings (SSSR count). The van der Waals surface area contributed by atoms with Crippen molar-refractivity contribution in [3.63, 3.8) is 0 Å². The molecule has 0 radical (unpaired) electrons. The zero-order valence-corrected chi connectivity index (χ0v) is 13.6. The number of H-pyrrole nitrogens is 1. The third-order valence-electron chi connectivity index (χ3n) is 2.87. The average Bonchev–Trinajstić information content (AvgIpc) is 2.39. The van der Waals surface area contributed by atoms with Gasteiger partial charge in [-0.05, 0) is 24.3 Å². The Hall–Kier alpha value is -1.95. The first-order chi connectivity index (χ1) is 9.77. The van der Waals surface area contributed by atoms with Gasteiger partial charge in [0.25, 0.3) is 5.56 Å². The van der Waals surface area contributed by atoms with Crippen LogP contribution in [0.3, 0.4) is 0 Å². The minimum Gasteiger partial charge on any atom is -0.325 e. The van der Waals surface area contributed by atoms with Crippen molar-refractivity contribution in [3.8, 4) is 11.3 Å². The van der Waals surface area contributed by atoms with E-state index in [9.17, 15) is 9.59 Å². The SMILES string of the molecule is CC(C)(C)C(=O)Nc1cc(Br)ccc1-c1ccc(=O)[nH]n1. The molecule has 0 atom stereocenters. The van der Waals surface area contributed by atoms with E-state index in [0.717, 1.165) is 10.0 Å². The van der Waals surface area contributed by atoms with Crippen molar-refractivity contribution in [2.45, 2.75) is 20.8 Å². The van der Waals surface area contributed by atoms with E-state index < -0.39 is 5.41 Å². The van der Waals surface area contributed by atoms with Gasteiger partial charge in [-0.2, -0.15) is 5.10 Å². The Morgan fingerprint density at radius 2 is 1.95 bits per heavy atom. The topological polar surface area (TPSA) is 74.8 Å². The van der Waals surface area contributed by atoms with Gasteiger partial charge >= 0.3 is 0 Å². The largest absolute Gasteiger partial charge is 0.325 e. The van der Waals surface area contributed by atoms with Crippen LogP contribution in [0.1, 0.15) is 20.8 Å². The highest BCUT2D eigenvalue weighted by Gasteiger charge is 2.22. The van der Waals surface area contributed by atoms with Crippen molar-refractivity contribution in [3.05, 3.63) is 45.2 Å². The van der Waals surface area contributed by atoms with Crippen molar-refractivity contribution in [1.29, 1.82) is 0 Å². The number of hydrogen-bond donors (Lipinski definition) is 2. The number of benzene rings is 1. The maximum Gasteiger partial charge on any atom is 0.264 e. The lowest BCUT2D eigenvalue weighted by Gasteiger charge is -2.19. The van der Waals surface area contributed by atoms with Crippen LogP contribution in [0.2, 0.25) is 0 Å². The smallest absolute Gasteiger partial charge is 0.264 e. The Morgan fingerprint density at radius 3 is 2.52 bits per heavy atom. The standard InChI is InChI=1S/C15H16BrN3O2/c1-15(2,3)14(21)17-12-8-9(16)4-5-10(12)11-6-7-13(20)19-18-11/h4-8H,1-3H3,(H,17,21)(H,19,20). The van der Waals surface area contributed by atoms with Crippen LogP contribution in [0.4, 0.5) is 5.69 Å². The van der Waals surface area contributed by atoms with E-state index in [2.05, 4.69) is 31.4 Å². The van der Waals surface area contributed by atoms with Crippen LogP contribution < -0.4 is 10.9 Å². The fourth-order valence-corrected chi connectivity index (χ4v) is 2.01. The second-order valence-electron chi connectivity index (χ2n) is 5.70. The summed E-state index contributed by atoms with van der Waals surface area (Å²) >= 11 is 3.39. The molecule has 2 N–H and O–H groups in total. The molecule has 1 aromatic heterocycles. The fraction of sp³-hybridized carbons (Fsp3) is 0.267. The summed E-state index contributed by atoms with van der Waals surface area (Å²) in [4.78, 5) is 23.3. The molecule has 1 aromatic carbocycles. The molecule has 21 heavy (non-hydrogen) atoms. The van der Waals surface area contributed by atoms with E-state index >= 15 is 0 Å². The van der Waals surface area contributed by atoms with E-state index in [4.69, 9.17) is 0 Å². The zero-order valence-electron chi connectivity index (χ0n) is 12.0. The first-order valence-electron chi connectivity index (χ1n) is 6.44. The summed E-state index contributed by atoms with van der Waals surface area (Å²) in [5.41, 5.74) is 1.20. The number of aromatic amines is 1. The lowest BCUT2D eigenvalue weighted by molar-refractivity contribution is -0.123. The van der Waals surface area contributed by atoms with Crippen LogP contribution in [-0.4, -0.2) is 16.1 Å². The molecule has 0 aliphatic rings. The van der Waals surface area contributed by atoms with E-state index in [1.165, 1.54) is 6.07 Å². The summed E-state index contributed by atoms with van der Waals surface area (Å²) in [6, 6.07) is 8.53. The Morgan fingerprint density at radius 1 is 1.24 bits per heavy atom. The van der Waals surface area contributed by atoms with Gasteiger partial charge < -0.3 is 5.32 Å². The molecule has 6 heteroatoms. The molecule has 5 nitrogen and oxygen atoms in total. The minimum absolute atomic E-state index is 0.0914. The second kappa shape index (κ2) is 5.81. The Kier molecular flexibility index (Phi) is 4.27. The molecule has 0 saturated heterocycles. The molecule has 0 aliphatic carbocycles. The lowest BCUT2D eigenvalue weighted by atomic mass is 9.95. The summed E-state index contributed by atoms with van der Waals surface area (Å²) in [7, 11) is 0. The molecule has 1 amide bonds. The quantitative estimate of drug-likeness (QED) is 0.874. The zero-order chi connectivity index (χ0) is 15.6. The number of nitrogens with one attached hydrogen (secondary N) is 2. The normalized spacial score (nSPS) is 11.2. The fourth-order valence-electron chi connectivity index (χ4n) is 1.65. The summed E-state index contributed by atoms with van der Waals surface area (Å²) in [5.74, 6) is -0.0914. The number of halogens is 1. The molecule has 2 aromatic rings. The molecule has 0 fully saturated rings. The highest BCUT2D eigenvalue weighted by atomic mass is 79.9. The van der Waals surface area contributed by atoms with Crippen LogP contribution in [0.5, 0.6) is 0 Å². The molecule has 1 heterocycles. The number of anilines is 1. The van der Waals surface area contributed by atoms with Crippen molar-refractivity contribution < 1.29 is 4.79 Å². The summed E-state index contributed by atoms with van der Waals surface area (Å²) in [6.45, 7) is 5.54. The van der Waals surface area contributed by atoms with Crippen molar-refractivity contribution >= 4 is 27.5 Å². The first-order valence-corrected chi connectivity index (χ1v) is 7.24.